The van der Waals surface area contributed by atoms with E-state index in [0.29, 0.717) is 24.0 Å². The molecular weight excluding hydrogens is 392 g/mol. The van der Waals surface area contributed by atoms with Gasteiger partial charge in [0.2, 0.25) is 5.91 Å². The topological polar surface area (TPSA) is 105 Å². The minimum absolute atomic E-state index is 0.0294. The zero-order chi connectivity index (χ0) is 21.4. The second-order valence-corrected chi connectivity index (χ2v) is 9.14. The second kappa shape index (κ2) is 8.45. The summed E-state index contributed by atoms with van der Waals surface area (Å²) in [6.45, 7) is 8.34. The van der Waals surface area contributed by atoms with Gasteiger partial charge in [0, 0.05) is 50.3 Å². The number of fused-ring (bicyclic) bond motifs is 1. The van der Waals surface area contributed by atoms with Gasteiger partial charge in [-0.15, -0.1) is 0 Å². The van der Waals surface area contributed by atoms with Crippen LogP contribution in [-0.4, -0.2) is 63.0 Å². The molecule has 5 heterocycles. The molecular formula is C22H32N8O. The molecule has 0 bridgehead atoms. The van der Waals surface area contributed by atoms with Crippen LogP contribution >= 0.6 is 0 Å². The predicted molar refractivity (Wildman–Crippen MR) is 120 cm³/mol. The number of aromatic nitrogens is 4. The van der Waals surface area contributed by atoms with Crippen LogP contribution in [0.15, 0.2) is 12.5 Å². The molecule has 2 fully saturated rings. The molecule has 3 aliphatic heterocycles. The molecule has 0 aliphatic carbocycles. The van der Waals surface area contributed by atoms with E-state index in [9.17, 15) is 4.79 Å². The Morgan fingerprint density at radius 2 is 1.90 bits per heavy atom. The summed E-state index contributed by atoms with van der Waals surface area (Å²) in [4.78, 5) is 30.4. The van der Waals surface area contributed by atoms with Gasteiger partial charge in [0.1, 0.15) is 29.6 Å². The van der Waals surface area contributed by atoms with Gasteiger partial charge < -0.3 is 25.4 Å². The first-order valence-electron chi connectivity index (χ1n) is 11.5. The van der Waals surface area contributed by atoms with Crippen molar-refractivity contribution in [3.05, 3.63) is 23.9 Å². The van der Waals surface area contributed by atoms with Crippen molar-refractivity contribution in [1.82, 2.24) is 24.4 Å². The minimum Gasteiger partial charge on any atom is -0.382 e. The van der Waals surface area contributed by atoms with Crippen LogP contribution in [0.1, 0.15) is 62.3 Å². The highest BCUT2D eigenvalue weighted by atomic mass is 16.1. The van der Waals surface area contributed by atoms with Gasteiger partial charge in [0.25, 0.3) is 0 Å². The molecule has 2 aromatic heterocycles. The molecule has 0 aromatic carbocycles. The number of anilines is 3. The molecule has 9 heteroatoms. The molecule has 1 atom stereocenters. The summed E-state index contributed by atoms with van der Waals surface area (Å²) in [5.74, 6) is 3.94. The van der Waals surface area contributed by atoms with Crippen molar-refractivity contribution in [3.8, 4) is 0 Å². The van der Waals surface area contributed by atoms with Crippen molar-refractivity contribution in [2.45, 2.75) is 57.4 Å². The maximum absolute atomic E-state index is 11.9. The van der Waals surface area contributed by atoms with Gasteiger partial charge >= 0.3 is 0 Å². The number of hydrogen-bond donors (Lipinski definition) is 2. The predicted octanol–water partition coefficient (Wildman–Crippen LogP) is 2.18. The van der Waals surface area contributed by atoms with Crippen LogP contribution in [0.4, 0.5) is 17.5 Å². The van der Waals surface area contributed by atoms with Crippen molar-refractivity contribution >= 4 is 23.4 Å². The quantitative estimate of drug-likeness (QED) is 0.758. The van der Waals surface area contributed by atoms with E-state index < -0.39 is 0 Å². The average Bonchev–Trinajstić information content (AvgIpc) is 3.41. The Kier molecular flexibility index (Phi) is 5.52. The number of carbonyl (C=O) groups is 1. The third kappa shape index (κ3) is 4.11. The highest BCUT2D eigenvalue weighted by molar-refractivity contribution is 5.94. The van der Waals surface area contributed by atoms with E-state index in [0.717, 1.165) is 56.2 Å². The van der Waals surface area contributed by atoms with Gasteiger partial charge in [-0.3, -0.25) is 4.79 Å². The van der Waals surface area contributed by atoms with Crippen LogP contribution < -0.4 is 16.0 Å². The lowest BCUT2D eigenvalue weighted by atomic mass is 9.92. The van der Waals surface area contributed by atoms with Crippen LogP contribution in [0.25, 0.3) is 0 Å². The summed E-state index contributed by atoms with van der Waals surface area (Å²) < 4.78 is 2.28. The number of likely N-dealkylation sites (tertiary alicyclic amines) is 1. The monoisotopic (exact) mass is 424 g/mol. The van der Waals surface area contributed by atoms with E-state index in [2.05, 4.69) is 36.6 Å². The fraction of sp³-hybridized carbons (Fsp3) is 0.636. The Morgan fingerprint density at radius 3 is 2.68 bits per heavy atom. The van der Waals surface area contributed by atoms with Crippen LogP contribution in [0.2, 0.25) is 0 Å². The maximum Gasteiger partial charge on any atom is 0.226 e. The highest BCUT2D eigenvalue weighted by Gasteiger charge is 2.31. The van der Waals surface area contributed by atoms with Gasteiger partial charge in [-0.05, 0) is 44.7 Å². The van der Waals surface area contributed by atoms with Gasteiger partial charge in [-0.1, -0.05) is 6.92 Å². The normalized spacial score (nSPS) is 22.5. The smallest absolute Gasteiger partial charge is 0.226 e. The average molecular weight is 425 g/mol. The molecule has 2 aromatic rings. The number of piperidine rings is 1. The largest absolute Gasteiger partial charge is 0.382 e. The van der Waals surface area contributed by atoms with E-state index >= 15 is 0 Å². The van der Waals surface area contributed by atoms with E-state index in [1.54, 1.807) is 6.33 Å². The molecule has 3 N–H and O–H groups in total. The Balaban J connectivity index is 1.28. The van der Waals surface area contributed by atoms with Crippen molar-refractivity contribution in [1.29, 1.82) is 0 Å². The third-order valence-corrected chi connectivity index (χ3v) is 6.95. The van der Waals surface area contributed by atoms with E-state index in [1.807, 2.05) is 6.20 Å². The first-order chi connectivity index (χ1) is 15.1. The molecule has 9 nitrogen and oxygen atoms in total. The molecule has 166 valence electrons. The SMILES string of the molecule is CC1CC(=O)Nc2ncnc(N3CCC(c4nc(N)cn4CCN4CCCC4)CC3)c21. The Bertz CT molecular complexity index is 943. The number of carbonyl (C=O) groups excluding carboxylic acids is 1. The summed E-state index contributed by atoms with van der Waals surface area (Å²) >= 11 is 0. The third-order valence-electron chi connectivity index (χ3n) is 6.95. The number of nitrogens with zero attached hydrogens (tertiary/aromatic N) is 6. The number of rotatable bonds is 5. The highest BCUT2D eigenvalue weighted by Crippen LogP contribution is 2.38. The van der Waals surface area contributed by atoms with Gasteiger partial charge in [0.15, 0.2) is 0 Å². The van der Waals surface area contributed by atoms with Crippen LogP contribution in [-0.2, 0) is 11.3 Å². The van der Waals surface area contributed by atoms with Gasteiger partial charge in [0.05, 0.1) is 0 Å². The van der Waals surface area contributed by atoms with Gasteiger partial charge in [-0.2, -0.15) is 0 Å². The number of nitrogens with one attached hydrogen (secondary N) is 1. The zero-order valence-corrected chi connectivity index (χ0v) is 18.3. The van der Waals surface area contributed by atoms with Crippen LogP contribution in [0.5, 0.6) is 0 Å². The number of amides is 1. The first kappa shape index (κ1) is 20.2. The molecule has 0 spiro atoms. The first-order valence-corrected chi connectivity index (χ1v) is 11.5. The van der Waals surface area contributed by atoms with E-state index in [-0.39, 0.29) is 11.8 Å². The summed E-state index contributed by atoms with van der Waals surface area (Å²) in [6, 6.07) is 0. The molecule has 1 amide bonds. The number of hydrogen-bond acceptors (Lipinski definition) is 7. The Labute approximate surface area is 183 Å². The molecule has 0 saturated carbocycles. The fourth-order valence-electron chi connectivity index (χ4n) is 5.32. The molecule has 2 saturated heterocycles. The summed E-state index contributed by atoms with van der Waals surface area (Å²) in [5, 5.41) is 2.90. The van der Waals surface area contributed by atoms with Crippen molar-refractivity contribution in [2.75, 3.05) is 48.7 Å². The minimum atomic E-state index is 0.0294. The van der Waals surface area contributed by atoms with Gasteiger partial charge in [-0.25, -0.2) is 15.0 Å². The molecule has 1 unspecified atom stereocenters. The van der Waals surface area contributed by atoms with Crippen LogP contribution in [0, 0.1) is 0 Å². The van der Waals surface area contributed by atoms with Crippen molar-refractivity contribution in [2.24, 2.45) is 0 Å². The molecule has 0 radical (unpaired) electrons. The lowest BCUT2D eigenvalue weighted by molar-refractivity contribution is -0.116. The lowest BCUT2D eigenvalue weighted by Gasteiger charge is -2.35. The number of nitrogen functional groups attached to an aromatic ring is 1. The van der Waals surface area contributed by atoms with Crippen LogP contribution in [0.3, 0.4) is 0 Å². The summed E-state index contributed by atoms with van der Waals surface area (Å²) in [7, 11) is 0. The molecule has 5 rings (SSSR count). The molecule has 3 aliphatic rings. The number of nitrogens with two attached hydrogens (primary N) is 1. The number of imidazole rings is 1. The maximum atomic E-state index is 11.9. The van der Waals surface area contributed by atoms with Crippen molar-refractivity contribution < 1.29 is 4.79 Å². The fourth-order valence-corrected chi connectivity index (χ4v) is 5.32. The molecule has 31 heavy (non-hydrogen) atoms. The van der Waals surface area contributed by atoms with E-state index in [4.69, 9.17) is 10.7 Å². The lowest BCUT2D eigenvalue weighted by Crippen LogP contribution is -2.36. The van der Waals surface area contributed by atoms with E-state index in [1.165, 1.54) is 25.9 Å². The zero-order valence-electron chi connectivity index (χ0n) is 18.3. The Morgan fingerprint density at radius 1 is 1.13 bits per heavy atom. The summed E-state index contributed by atoms with van der Waals surface area (Å²) in [6.07, 6.45) is 8.70. The Hall–Kier alpha value is -2.68. The standard InChI is InChI=1S/C22H32N8O/c1-15-12-18(31)27-20-19(15)22(25-14-24-20)29-8-4-16(5-9-29)21-26-17(23)13-30(21)11-10-28-6-2-3-7-28/h13-16H,2-12,23H2,1H3,(H,24,25,27,31). The summed E-state index contributed by atoms with van der Waals surface area (Å²) in [5.41, 5.74) is 7.15. The van der Waals surface area contributed by atoms with Crippen molar-refractivity contribution in [3.63, 3.8) is 0 Å². The second-order valence-electron chi connectivity index (χ2n) is 9.14.